The third-order valence-electron chi connectivity index (χ3n) is 3.63. The van der Waals surface area contributed by atoms with Crippen molar-refractivity contribution >= 4 is 32.7 Å². The SMILES string of the molecule is COCCOc1nc(N)nc2c1ncn2CCCOCCCO[P+](=O)CP(=O)(O)O. The lowest BCUT2D eigenvalue weighted by Gasteiger charge is -2.07. The summed E-state index contributed by atoms with van der Waals surface area (Å²) in [5, 5.41) is 0. The Hall–Kier alpha value is -1.72. The highest BCUT2D eigenvalue weighted by Crippen LogP contribution is 2.45. The quantitative estimate of drug-likeness (QED) is 0.252. The molecule has 2 heterocycles. The van der Waals surface area contributed by atoms with Crippen molar-refractivity contribution < 1.29 is 37.7 Å². The van der Waals surface area contributed by atoms with Crippen LogP contribution in [0.25, 0.3) is 11.2 Å². The minimum atomic E-state index is -4.33. The average Bonchev–Trinajstić information content (AvgIpc) is 3.05. The van der Waals surface area contributed by atoms with Crippen LogP contribution in [0, 0.1) is 0 Å². The van der Waals surface area contributed by atoms with E-state index >= 15 is 0 Å². The summed E-state index contributed by atoms with van der Waals surface area (Å²) in [6.07, 6.45) is 2.78. The van der Waals surface area contributed by atoms with Gasteiger partial charge in [-0.1, -0.05) is 0 Å². The second kappa shape index (κ2) is 12.2. The van der Waals surface area contributed by atoms with Crippen LogP contribution in [-0.2, 0) is 29.7 Å². The van der Waals surface area contributed by atoms with Crippen molar-refractivity contribution in [3.05, 3.63) is 6.33 Å². The third-order valence-corrected chi connectivity index (χ3v) is 6.50. The maximum Gasteiger partial charge on any atom is 0.521 e. The molecule has 2 aromatic heterocycles. The number of nitrogens with zero attached hydrogens (tertiary/aromatic N) is 4. The summed E-state index contributed by atoms with van der Waals surface area (Å²) in [7, 11) is -5.12. The zero-order valence-corrected chi connectivity index (χ0v) is 18.3. The van der Waals surface area contributed by atoms with Crippen molar-refractivity contribution in [1.82, 2.24) is 19.5 Å². The van der Waals surface area contributed by atoms with Gasteiger partial charge in [0.1, 0.15) is 13.2 Å². The molecule has 2 rings (SSSR count). The van der Waals surface area contributed by atoms with Gasteiger partial charge in [0.2, 0.25) is 11.8 Å². The molecular formula is C15H26N5O8P2+. The van der Waals surface area contributed by atoms with E-state index in [0.717, 1.165) is 0 Å². The highest BCUT2D eigenvalue weighted by Gasteiger charge is 2.30. The Morgan fingerprint density at radius 3 is 2.67 bits per heavy atom. The Balaban J connectivity index is 1.70. The van der Waals surface area contributed by atoms with Gasteiger partial charge in [0, 0.05) is 26.9 Å². The van der Waals surface area contributed by atoms with Crippen LogP contribution >= 0.6 is 15.6 Å². The minimum Gasteiger partial charge on any atom is -0.474 e. The molecule has 0 aliphatic carbocycles. The van der Waals surface area contributed by atoms with Crippen LogP contribution in [0.3, 0.4) is 0 Å². The van der Waals surface area contributed by atoms with Crippen LogP contribution in [0.5, 0.6) is 5.88 Å². The van der Waals surface area contributed by atoms with Crippen LogP contribution in [0.4, 0.5) is 5.95 Å². The van der Waals surface area contributed by atoms with Crippen LogP contribution in [0.1, 0.15) is 12.8 Å². The first-order valence-corrected chi connectivity index (χ1v) is 12.3. The highest BCUT2D eigenvalue weighted by molar-refractivity contribution is 7.64. The van der Waals surface area contributed by atoms with Crippen LogP contribution in [0.15, 0.2) is 6.33 Å². The largest absolute Gasteiger partial charge is 0.521 e. The number of hydrogen-bond donors (Lipinski definition) is 3. The monoisotopic (exact) mass is 466 g/mol. The third kappa shape index (κ3) is 8.57. The maximum absolute atomic E-state index is 11.3. The molecule has 0 amide bonds. The molecule has 0 saturated heterocycles. The molecule has 0 saturated carbocycles. The fourth-order valence-electron chi connectivity index (χ4n) is 2.38. The second-order valence-corrected chi connectivity index (χ2v) is 9.51. The molecule has 168 valence electrons. The Morgan fingerprint density at radius 1 is 1.17 bits per heavy atom. The minimum absolute atomic E-state index is 0.0880. The molecule has 13 nitrogen and oxygen atoms in total. The molecule has 0 spiro atoms. The summed E-state index contributed by atoms with van der Waals surface area (Å²) >= 11 is 0. The predicted octanol–water partition coefficient (Wildman–Crippen LogP) is 1.12. The summed E-state index contributed by atoms with van der Waals surface area (Å²) in [6, 6.07) is 0. The Labute approximate surface area is 173 Å². The fraction of sp³-hybridized carbons (Fsp3) is 0.667. The lowest BCUT2D eigenvalue weighted by Crippen LogP contribution is -2.08. The van der Waals surface area contributed by atoms with Crippen molar-refractivity contribution in [1.29, 1.82) is 0 Å². The summed E-state index contributed by atoms with van der Waals surface area (Å²) in [5.41, 5.74) is 6.84. The zero-order chi connectivity index (χ0) is 22.0. The van der Waals surface area contributed by atoms with Crippen LogP contribution in [0.2, 0.25) is 0 Å². The van der Waals surface area contributed by atoms with E-state index in [1.165, 1.54) is 0 Å². The Morgan fingerprint density at radius 2 is 1.93 bits per heavy atom. The standard InChI is InChI=1S/C15H25N5O8P2/c1-25-8-9-27-14-12-13(18-15(16)19-14)20(10-17-12)4-2-5-26-6-3-7-28-29(21)11-30(22,23)24/h10H,2-9,11H2,1H3,(H3-,16,18,19,22,23,24)/p+1. The number of nitrogens with two attached hydrogens (primary N) is 1. The van der Waals surface area contributed by atoms with Gasteiger partial charge < -0.3 is 34.3 Å². The zero-order valence-electron chi connectivity index (χ0n) is 16.5. The molecule has 0 radical (unpaired) electrons. The van der Waals surface area contributed by atoms with Gasteiger partial charge in [0.25, 0.3) is 5.90 Å². The van der Waals surface area contributed by atoms with Crippen molar-refractivity contribution in [3.63, 3.8) is 0 Å². The fourth-order valence-corrected chi connectivity index (χ4v) is 4.24. The molecular weight excluding hydrogens is 440 g/mol. The summed E-state index contributed by atoms with van der Waals surface area (Å²) < 4.78 is 44.7. The van der Waals surface area contributed by atoms with E-state index < -0.39 is 21.5 Å². The average molecular weight is 466 g/mol. The van der Waals surface area contributed by atoms with Crippen molar-refractivity contribution in [2.75, 3.05) is 51.8 Å². The number of aryl methyl sites for hydroxylation is 1. The predicted molar refractivity (Wildman–Crippen MR) is 108 cm³/mol. The van der Waals surface area contributed by atoms with Crippen LogP contribution < -0.4 is 10.5 Å². The number of fused-ring (bicyclic) bond motifs is 1. The lowest BCUT2D eigenvalue weighted by atomic mass is 10.4. The second-order valence-electron chi connectivity index (χ2n) is 6.13. The number of ether oxygens (including phenoxy) is 3. The first-order valence-electron chi connectivity index (χ1n) is 9.10. The molecule has 1 atom stereocenters. The summed E-state index contributed by atoms with van der Waals surface area (Å²) in [5.74, 6) is -0.374. The lowest BCUT2D eigenvalue weighted by molar-refractivity contribution is 0.116. The number of aromatic nitrogens is 4. The maximum atomic E-state index is 11.3. The van der Waals surface area contributed by atoms with E-state index in [4.69, 9.17) is 34.3 Å². The van der Waals surface area contributed by atoms with Gasteiger partial charge in [-0.25, -0.2) is 4.98 Å². The Kier molecular flexibility index (Phi) is 9.99. The molecule has 1 unspecified atom stereocenters. The van der Waals surface area contributed by atoms with Gasteiger partial charge in [0.05, 0.1) is 12.9 Å². The van der Waals surface area contributed by atoms with Gasteiger partial charge in [0.15, 0.2) is 11.2 Å². The van der Waals surface area contributed by atoms with E-state index in [1.54, 1.807) is 13.4 Å². The van der Waals surface area contributed by atoms with Crippen molar-refractivity contribution in [2.45, 2.75) is 19.4 Å². The number of nitrogen functional groups attached to an aromatic ring is 1. The summed E-state index contributed by atoms with van der Waals surface area (Å²) in [6.45, 7) is 2.26. The van der Waals surface area contributed by atoms with Gasteiger partial charge in [-0.2, -0.15) is 9.97 Å². The molecule has 0 aliphatic heterocycles. The number of imidazole rings is 1. The number of methoxy groups -OCH3 is 1. The Bertz CT molecular complexity index is 874. The molecule has 4 N–H and O–H groups in total. The topological polar surface area (TPSA) is 181 Å². The smallest absolute Gasteiger partial charge is 0.474 e. The molecule has 30 heavy (non-hydrogen) atoms. The molecule has 0 bridgehead atoms. The van der Waals surface area contributed by atoms with Crippen LogP contribution in [-0.4, -0.2) is 75.4 Å². The van der Waals surface area contributed by atoms with Gasteiger partial charge >= 0.3 is 15.6 Å². The van der Waals surface area contributed by atoms with E-state index in [9.17, 15) is 9.13 Å². The van der Waals surface area contributed by atoms with E-state index in [2.05, 4.69) is 15.0 Å². The van der Waals surface area contributed by atoms with Crippen molar-refractivity contribution in [3.8, 4) is 5.88 Å². The van der Waals surface area contributed by atoms with E-state index in [0.29, 0.717) is 62.9 Å². The van der Waals surface area contributed by atoms with E-state index in [1.807, 2.05) is 4.57 Å². The molecule has 0 fully saturated rings. The number of rotatable bonds is 15. The number of hydrogen-bond acceptors (Lipinski definition) is 10. The molecule has 0 aliphatic rings. The summed E-state index contributed by atoms with van der Waals surface area (Å²) in [4.78, 5) is 30.0. The molecule has 15 heteroatoms. The van der Waals surface area contributed by atoms with Crippen molar-refractivity contribution in [2.24, 2.45) is 0 Å². The first-order chi connectivity index (χ1) is 14.3. The van der Waals surface area contributed by atoms with Gasteiger partial charge in [-0.15, -0.1) is 4.52 Å². The first kappa shape index (κ1) is 24.5. The molecule has 0 aromatic carbocycles. The van der Waals surface area contributed by atoms with E-state index in [-0.39, 0.29) is 12.6 Å². The van der Waals surface area contributed by atoms with Gasteiger partial charge in [-0.05, 0) is 17.4 Å². The molecule has 2 aromatic rings. The normalized spacial score (nSPS) is 12.4. The highest BCUT2D eigenvalue weighted by atomic mass is 31.2. The number of anilines is 1. The van der Waals surface area contributed by atoms with Gasteiger partial charge in [-0.3, -0.25) is 4.57 Å².